The molecule has 2 aromatic rings. The van der Waals surface area contributed by atoms with Crippen LogP contribution < -0.4 is 5.32 Å². The van der Waals surface area contributed by atoms with Crippen molar-refractivity contribution in [3.63, 3.8) is 0 Å². The van der Waals surface area contributed by atoms with Crippen molar-refractivity contribution in [3.8, 4) is 0 Å². The lowest BCUT2D eigenvalue weighted by Gasteiger charge is -2.08. The molecule has 21 heavy (non-hydrogen) atoms. The van der Waals surface area contributed by atoms with Crippen molar-refractivity contribution in [3.05, 3.63) is 84.3 Å². The predicted molar refractivity (Wildman–Crippen MR) is 81.8 cm³/mol. The number of hydrogen-bond acceptors (Lipinski definition) is 2. The second-order valence-corrected chi connectivity index (χ2v) is 4.36. The maximum atomic E-state index is 12.1. The fourth-order valence-electron chi connectivity index (χ4n) is 1.90. The minimum absolute atomic E-state index is 0.188. The molecule has 106 valence electrons. The number of nitrogens with zero attached hydrogens (tertiary/aromatic N) is 1. The van der Waals surface area contributed by atoms with E-state index in [-0.39, 0.29) is 5.91 Å². The Morgan fingerprint density at radius 3 is 2.62 bits per heavy atom. The summed E-state index contributed by atoms with van der Waals surface area (Å²) in [7, 11) is 0. The van der Waals surface area contributed by atoms with Crippen LogP contribution in [0.15, 0.2) is 73.1 Å². The molecule has 0 spiro atoms. The Balaban J connectivity index is 2.02. The summed E-state index contributed by atoms with van der Waals surface area (Å²) in [5.41, 5.74) is 1.72. The molecule has 0 atom stereocenters. The number of benzene rings is 1. The number of aldehydes is 1. The molecule has 1 N–H and O–H groups in total. The SMILES string of the molecule is O=C/C=C/C=C/NC(=O)c1cccn1Cc1ccccc1. The van der Waals surface area contributed by atoms with Gasteiger partial charge in [0.2, 0.25) is 0 Å². The molecule has 0 aliphatic carbocycles. The van der Waals surface area contributed by atoms with Gasteiger partial charge in [0.05, 0.1) is 0 Å². The summed E-state index contributed by atoms with van der Waals surface area (Å²) in [6.45, 7) is 0.644. The first kappa shape index (κ1) is 14.5. The van der Waals surface area contributed by atoms with Gasteiger partial charge in [-0.15, -0.1) is 0 Å². The van der Waals surface area contributed by atoms with E-state index in [0.29, 0.717) is 18.5 Å². The van der Waals surface area contributed by atoms with E-state index in [2.05, 4.69) is 5.32 Å². The van der Waals surface area contributed by atoms with Crippen LogP contribution in [-0.2, 0) is 11.3 Å². The van der Waals surface area contributed by atoms with Crippen molar-refractivity contribution < 1.29 is 9.59 Å². The topological polar surface area (TPSA) is 51.1 Å². The van der Waals surface area contributed by atoms with Gasteiger partial charge in [0, 0.05) is 18.9 Å². The van der Waals surface area contributed by atoms with Crippen LogP contribution in [-0.4, -0.2) is 16.8 Å². The van der Waals surface area contributed by atoms with Crippen LogP contribution in [0.3, 0.4) is 0 Å². The van der Waals surface area contributed by atoms with E-state index in [9.17, 15) is 9.59 Å². The van der Waals surface area contributed by atoms with E-state index in [4.69, 9.17) is 0 Å². The Bertz CT molecular complexity index is 654. The second kappa shape index (κ2) is 7.65. The van der Waals surface area contributed by atoms with Crippen LogP contribution in [0.1, 0.15) is 16.1 Å². The first-order valence-electron chi connectivity index (χ1n) is 6.58. The standard InChI is InChI=1S/C17H16N2O2/c20-13-6-2-5-11-18-17(21)16-10-7-12-19(16)14-15-8-3-1-4-9-15/h1-13H,14H2,(H,18,21)/b6-2+,11-5+. The fourth-order valence-corrected chi connectivity index (χ4v) is 1.90. The molecule has 0 aliphatic heterocycles. The second-order valence-electron chi connectivity index (χ2n) is 4.36. The first-order chi connectivity index (χ1) is 10.3. The van der Waals surface area contributed by atoms with Crippen molar-refractivity contribution in [1.29, 1.82) is 0 Å². The van der Waals surface area contributed by atoms with E-state index in [1.165, 1.54) is 12.3 Å². The molecular weight excluding hydrogens is 264 g/mol. The van der Waals surface area contributed by atoms with Gasteiger partial charge in [0.1, 0.15) is 12.0 Å². The maximum Gasteiger partial charge on any atom is 0.271 e. The molecule has 0 fully saturated rings. The molecule has 0 aliphatic rings. The molecule has 0 radical (unpaired) electrons. The quantitative estimate of drug-likeness (QED) is 0.502. The van der Waals surface area contributed by atoms with Crippen LogP contribution in [0.5, 0.6) is 0 Å². The molecule has 0 unspecified atom stereocenters. The van der Waals surface area contributed by atoms with Crippen molar-refractivity contribution in [2.45, 2.75) is 6.54 Å². The van der Waals surface area contributed by atoms with Crippen LogP contribution in [0.4, 0.5) is 0 Å². The monoisotopic (exact) mass is 280 g/mol. The summed E-state index contributed by atoms with van der Waals surface area (Å²) >= 11 is 0. The summed E-state index contributed by atoms with van der Waals surface area (Å²) < 4.78 is 1.89. The first-order valence-corrected chi connectivity index (χ1v) is 6.58. The minimum Gasteiger partial charge on any atom is -0.339 e. The number of aromatic nitrogens is 1. The molecule has 1 aromatic heterocycles. The molecule has 4 nitrogen and oxygen atoms in total. The summed E-state index contributed by atoms with van der Waals surface area (Å²) in [6, 6.07) is 13.6. The van der Waals surface area contributed by atoms with Gasteiger partial charge in [-0.25, -0.2) is 0 Å². The van der Waals surface area contributed by atoms with Crippen LogP contribution in [0.2, 0.25) is 0 Å². The van der Waals surface area contributed by atoms with E-state index in [0.717, 1.165) is 5.56 Å². The maximum absolute atomic E-state index is 12.1. The van der Waals surface area contributed by atoms with E-state index in [1.807, 2.05) is 47.2 Å². The number of rotatable bonds is 6. The van der Waals surface area contributed by atoms with E-state index >= 15 is 0 Å². The lowest BCUT2D eigenvalue weighted by Crippen LogP contribution is -2.21. The van der Waals surface area contributed by atoms with Crippen LogP contribution >= 0.6 is 0 Å². The zero-order chi connectivity index (χ0) is 14.9. The van der Waals surface area contributed by atoms with Gasteiger partial charge in [-0.05, 0) is 29.8 Å². The fraction of sp³-hybridized carbons (Fsp3) is 0.0588. The lowest BCUT2D eigenvalue weighted by molar-refractivity contribution is -0.104. The molecule has 0 saturated heterocycles. The number of hydrogen-bond donors (Lipinski definition) is 1. The van der Waals surface area contributed by atoms with Gasteiger partial charge >= 0.3 is 0 Å². The van der Waals surface area contributed by atoms with Gasteiger partial charge in [-0.1, -0.05) is 36.4 Å². The highest BCUT2D eigenvalue weighted by Crippen LogP contribution is 2.07. The molecule has 1 amide bonds. The zero-order valence-corrected chi connectivity index (χ0v) is 11.5. The molecule has 1 heterocycles. The van der Waals surface area contributed by atoms with Crippen LogP contribution in [0.25, 0.3) is 0 Å². The average Bonchev–Trinajstić information content (AvgIpc) is 2.96. The van der Waals surface area contributed by atoms with Gasteiger partial charge in [0.25, 0.3) is 5.91 Å². The highest BCUT2D eigenvalue weighted by Gasteiger charge is 2.09. The van der Waals surface area contributed by atoms with Crippen molar-refractivity contribution in [1.82, 2.24) is 9.88 Å². The van der Waals surface area contributed by atoms with Gasteiger partial charge < -0.3 is 9.88 Å². The van der Waals surface area contributed by atoms with Gasteiger partial charge in [-0.2, -0.15) is 0 Å². The van der Waals surface area contributed by atoms with Gasteiger partial charge in [-0.3, -0.25) is 9.59 Å². The highest BCUT2D eigenvalue weighted by atomic mass is 16.1. The summed E-state index contributed by atoms with van der Waals surface area (Å²) in [4.78, 5) is 22.2. The third kappa shape index (κ3) is 4.31. The van der Waals surface area contributed by atoms with Crippen molar-refractivity contribution in [2.24, 2.45) is 0 Å². The highest BCUT2D eigenvalue weighted by molar-refractivity contribution is 5.93. The predicted octanol–water partition coefficient (Wildman–Crippen LogP) is 2.54. The minimum atomic E-state index is -0.188. The normalized spacial score (nSPS) is 11.0. The van der Waals surface area contributed by atoms with Crippen molar-refractivity contribution >= 4 is 12.2 Å². The number of allylic oxidation sites excluding steroid dienone is 3. The third-order valence-corrected chi connectivity index (χ3v) is 2.87. The van der Waals surface area contributed by atoms with E-state index < -0.39 is 0 Å². The van der Waals surface area contributed by atoms with Crippen LogP contribution in [0, 0.1) is 0 Å². The Morgan fingerprint density at radius 1 is 1.05 bits per heavy atom. The lowest BCUT2D eigenvalue weighted by atomic mass is 10.2. The van der Waals surface area contributed by atoms with Crippen molar-refractivity contribution in [2.75, 3.05) is 0 Å². The summed E-state index contributed by atoms with van der Waals surface area (Å²) in [6.07, 6.45) is 8.55. The molecule has 1 aromatic carbocycles. The smallest absolute Gasteiger partial charge is 0.271 e. The average molecular weight is 280 g/mol. The summed E-state index contributed by atoms with van der Waals surface area (Å²) in [5, 5.41) is 2.66. The Labute approximate surface area is 123 Å². The Morgan fingerprint density at radius 2 is 1.86 bits per heavy atom. The molecule has 0 bridgehead atoms. The molecule has 4 heteroatoms. The molecular formula is C17H16N2O2. The Kier molecular flexibility index (Phi) is 5.29. The third-order valence-electron chi connectivity index (χ3n) is 2.87. The van der Waals surface area contributed by atoms with E-state index in [1.54, 1.807) is 18.2 Å². The number of carbonyl (C=O) groups is 2. The zero-order valence-electron chi connectivity index (χ0n) is 11.5. The molecule has 2 rings (SSSR count). The summed E-state index contributed by atoms with van der Waals surface area (Å²) in [5.74, 6) is -0.188. The Hall–Kier alpha value is -2.88. The number of carbonyl (C=O) groups excluding carboxylic acids is 2. The number of nitrogens with one attached hydrogen (secondary N) is 1. The number of amides is 1. The molecule has 0 saturated carbocycles. The van der Waals surface area contributed by atoms with Gasteiger partial charge in [0.15, 0.2) is 0 Å². The largest absolute Gasteiger partial charge is 0.339 e.